The van der Waals surface area contributed by atoms with E-state index in [1.807, 2.05) is 31.2 Å². The summed E-state index contributed by atoms with van der Waals surface area (Å²) in [4.78, 5) is 13.9. The molecule has 0 saturated heterocycles. The van der Waals surface area contributed by atoms with Gasteiger partial charge in [-0.2, -0.15) is 0 Å². The largest absolute Gasteiger partial charge is 0.364 e. The van der Waals surface area contributed by atoms with Gasteiger partial charge in [-0.05, 0) is 37.5 Å². The first-order valence-corrected chi connectivity index (χ1v) is 7.36. The Balaban J connectivity index is 1.80. The Morgan fingerprint density at radius 2 is 2.05 bits per heavy atom. The summed E-state index contributed by atoms with van der Waals surface area (Å²) in [5.74, 6) is 0.111. The van der Waals surface area contributed by atoms with E-state index >= 15 is 0 Å². The normalized spacial score (nSPS) is 12.1. The van der Waals surface area contributed by atoms with Crippen molar-refractivity contribution < 1.29 is 9.32 Å². The van der Waals surface area contributed by atoms with E-state index in [0.717, 1.165) is 23.6 Å². The fraction of sp³-hybridized carbons (Fsp3) is 0.375. The molecule has 0 fully saturated rings. The first-order chi connectivity index (χ1) is 10.1. The van der Waals surface area contributed by atoms with Crippen LogP contribution in [0.15, 0.2) is 41.1 Å². The Morgan fingerprint density at radius 1 is 1.33 bits per heavy atom. The number of benzene rings is 1. The molecule has 1 aromatic carbocycles. The molecule has 0 unspecified atom stereocenters. The highest BCUT2D eigenvalue weighted by Crippen LogP contribution is 2.18. The standard InChI is InChI=1S/C16H19ClN2O2/c1-12(15-10-11-21-18-15)19(2)16(20)5-3-4-13-6-8-14(17)9-7-13/h6-12H,3-5H2,1-2H3/t12-/m1/s1. The molecule has 0 spiro atoms. The Bertz CT molecular complexity index is 566. The van der Waals surface area contributed by atoms with Crippen LogP contribution in [0.2, 0.25) is 5.02 Å². The van der Waals surface area contributed by atoms with Crippen molar-refractivity contribution in [1.29, 1.82) is 0 Å². The number of rotatable bonds is 6. The number of aryl methyl sites for hydroxylation is 1. The molecule has 0 radical (unpaired) electrons. The maximum atomic E-state index is 12.2. The fourth-order valence-electron chi connectivity index (χ4n) is 2.12. The Kier molecular flexibility index (Phi) is 5.39. The molecule has 0 aliphatic heterocycles. The second-order valence-corrected chi connectivity index (χ2v) is 5.52. The van der Waals surface area contributed by atoms with Gasteiger partial charge < -0.3 is 9.42 Å². The van der Waals surface area contributed by atoms with Crippen LogP contribution < -0.4 is 0 Å². The molecule has 112 valence electrons. The van der Waals surface area contributed by atoms with E-state index in [9.17, 15) is 4.79 Å². The molecule has 0 saturated carbocycles. The lowest BCUT2D eigenvalue weighted by atomic mass is 10.1. The van der Waals surface area contributed by atoms with Gasteiger partial charge in [-0.3, -0.25) is 4.79 Å². The van der Waals surface area contributed by atoms with Crippen LogP contribution in [0.1, 0.15) is 37.1 Å². The van der Waals surface area contributed by atoms with Crippen LogP contribution >= 0.6 is 11.6 Å². The molecule has 21 heavy (non-hydrogen) atoms. The van der Waals surface area contributed by atoms with Crippen molar-refractivity contribution in [1.82, 2.24) is 10.1 Å². The van der Waals surface area contributed by atoms with Gasteiger partial charge in [0.15, 0.2) is 0 Å². The van der Waals surface area contributed by atoms with E-state index in [4.69, 9.17) is 16.1 Å². The number of carbonyl (C=O) groups is 1. The average Bonchev–Trinajstić information content (AvgIpc) is 3.02. The van der Waals surface area contributed by atoms with Gasteiger partial charge in [-0.15, -0.1) is 0 Å². The highest BCUT2D eigenvalue weighted by atomic mass is 35.5. The van der Waals surface area contributed by atoms with Crippen LogP contribution in [0.5, 0.6) is 0 Å². The van der Waals surface area contributed by atoms with Gasteiger partial charge in [0.25, 0.3) is 0 Å². The number of aromatic nitrogens is 1. The van der Waals surface area contributed by atoms with E-state index in [2.05, 4.69) is 5.16 Å². The highest BCUT2D eigenvalue weighted by Gasteiger charge is 2.18. The second-order valence-electron chi connectivity index (χ2n) is 5.08. The summed E-state index contributed by atoms with van der Waals surface area (Å²) in [6.07, 6.45) is 3.72. The molecule has 2 rings (SSSR count). The van der Waals surface area contributed by atoms with E-state index in [1.54, 1.807) is 18.0 Å². The molecule has 0 N–H and O–H groups in total. The van der Waals surface area contributed by atoms with Crippen molar-refractivity contribution in [3.8, 4) is 0 Å². The third kappa shape index (κ3) is 4.33. The van der Waals surface area contributed by atoms with E-state index in [1.165, 1.54) is 11.8 Å². The number of carbonyl (C=O) groups excluding carboxylic acids is 1. The summed E-state index contributed by atoms with van der Waals surface area (Å²) in [5.41, 5.74) is 1.96. The first kappa shape index (κ1) is 15.6. The van der Waals surface area contributed by atoms with Crippen LogP contribution in [-0.2, 0) is 11.2 Å². The summed E-state index contributed by atoms with van der Waals surface area (Å²) in [6.45, 7) is 1.94. The van der Waals surface area contributed by atoms with Gasteiger partial charge >= 0.3 is 0 Å². The van der Waals surface area contributed by atoms with Crippen LogP contribution in [0.3, 0.4) is 0 Å². The van der Waals surface area contributed by atoms with Gasteiger partial charge in [-0.25, -0.2) is 0 Å². The lowest BCUT2D eigenvalue weighted by molar-refractivity contribution is -0.132. The summed E-state index contributed by atoms with van der Waals surface area (Å²) >= 11 is 5.85. The third-order valence-corrected chi connectivity index (χ3v) is 3.88. The van der Waals surface area contributed by atoms with Crippen LogP contribution in [0.25, 0.3) is 0 Å². The average molecular weight is 307 g/mol. The molecule has 1 amide bonds. The predicted octanol–water partition coefficient (Wildman–Crippen LogP) is 3.87. The minimum absolute atomic E-state index is 0.0771. The zero-order valence-electron chi connectivity index (χ0n) is 12.3. The highest BCUT2D eigenvalue weighted by molar-refractivity contribution is 6.30. The molecular formula is C16H19ClN2O2. The van der Waals surface area contributed by atoms with Crippen molar-refractivity contribution in [2.75, 3.05) is 7.05 Å². The SMILES string of the molecule is C[C@H](c1ccon1)N(C)C(=O)CCCc1ccc(Cl)cc1. The Morgan fingerprint density at radius 3 is 2.67 bits per heavy atom. The number of halogens is 1. The topological polar surface area (TPSA) is 46.3 Å². The van der Waals surface area contributed by atoms with Crippen LogP contribution in [-0.4, -0.2) is 23.0 Å². The Labute approximate surface area is 129 Å². The second kappa shape index (κ2) is 7.27. The minimum atomic E-state index is -0.0771. The molecule has 0 aliphatic carbocycles. The lowest BCUT2D eigenvalue weighted by Crippen LogP contribution is -2.29. The zero-order valence-corrected chi connectivity index (χ0v) is 13.0. The molecule has 1 aromatic heterocycles. The maximum absolute atomic E-state index is 12.2. The van der Waals surface area contributed by atoms with Crippen molar-refractivity contribution in [2.45, 2.75) is 32.2 Å². The smallest absolute Gasteiger partial charge is 0.222 e. The van der Waals surface area contributed by atoms with Gasteiger partial charge in [0, 0.05) is 24.6 Å². The summed E-state index contributed by atoms with van der Waals surface area (Å²) in [5, 5.41) is 4.61. The molecular weight excluding hydrogens is 288 g/mol. The van der Waals surface area contributed by atoms with E-state index in [0.29, 0.717) is 6.42 Å². The monoisotopic (exact) mass is 306 g/mol. The third-order valence-electron chi connectivity index (χ3n) is 3.63. The summed E-state index contributed by atoms with van der Waals surface area (Å²) in [6, 6.07) is 9.44. The molecule has 0 aliphatic rings. The number of hydrogen-bond acceptors (Lipinski definition) is 3. The first-order valence-electron chi connectivity index (χ1n) is 6.98. The quantitative estimate of drug-likeness (QED) is 0.814. The molecule has 1 heterocycles. The molecule has 2 aromatic rings. The zero-order chi connectivity index (χ0) is 15.2. The summed E-state index contributed by atoms with van der Waals surface area (Å²) < 4.78 is 4.82. The van der Waals surface area contributed by atoms with Crippen molar-refractivity contribution in [2.24, 2.45) is 0 Å². The fourth-order valence-corrected chi connectivity index (χ4v) is 2.25. The van der Waals surface area contributed by atoms with Gasteiger partial charge in [0.05, 0.1) is 6.04 Å². The minimum Gasteiger partial charge on any atom is -0.364 e. The number of hydrogen-bond donors (Lipinski definition) is 0. The van der Waals surface area contributed by atoms with Gasteiger partial charge in [0.2, 0.25) is 5.91 Å². The van der Waals surface area contributed by atoms with E-state index in [-0.39, 0.29) is 11.9 Å². The number of amides is 1. The maximum Gasteiger partial charge on any atom is 0.222 e. The van der Waals surface area contributed by atoms with Gasteiger partial charge in [-0.1, -0.05) is 28.9 Å². The predicted molar refractivity (Wildman–Crippen MR) is 82.1 cm³/mol. The van der Waals surface area contributed by atoms with E-state index < -0.39 is 0 Å². The Hall–Kier alpha value is -1.81. The lowest BCUT2D eigenvalue weighted by Gasteiger charge is -2.23. The number of nitrogens with zero attached hydrogens (tertiary/aromatic N) is 2. The molecule has 0 bridgehead atoms. The molecule has 5 heteroatoms. The van der Waals surface area contributed by atoms with Crippen molar-refractivity contribution in [3.63, 3.8) is 0 Å². The van der Waals surface area contributed by atoms with Gasteiger partial charge in [0.1, 0.15) is 12.0 Å². The van der Waals surface area contributed by atoms with Crippen molar-refractivity contribution in [3.05, 3.63) is 52.9 Å². The molecule has 4 nitrogen and oxygen atoms in total. The van der Waals surface area contributed by atoms with Crippen molar-refractivity contribution >= 4 is 17.5 Å². The summed E-state index contributed by atoms with van der Waals surface area (Å²) in [7, 11) is 1.80. The van der Waals surface area contributed by atoms with Crippen LogP contribution in [0.4, 0.5) is 0 Å². The molecule has 1 atom stereocenters. The van der Waals surface area contributed by atoms with Crippen LogP contribution in [0, 0.1) is 0 Å².